The first kappa shape index (κ1) is 29.0. The third-order valence-electron chi connectivity index (χ3n) is 9.60. The number of fused-ring (bicyclic) bond motifs is 5. The number of hydrogen-bond acceptors (Lipinski definition) is 5. The van der Waals surface area contributed by atoms with Crippen LogP contribution in [0, 0.1) is 5.41 Å². The average Bonchev–Trinajstić information content (AvgIpc) is 3.67. The Morgan fingerprint density at radius 1 is 0.537 bits per heavy atom. The third-order valence-corrected chi connectivity index (χ3v) is 9.60. The zero-order valence-corrected chi connectivity index (χ0v) is 26.3. The first-order valence-corrected chi connectivity index (χ1v) is 15.9. The van der Waals surface area contributed by atoms with Gasteiger partial charge in [0.1, 0.15) is 5.76 Å². The molecular weight excluding hydrogens is 504 g/mol. The number of rotatable bonds is 8. The Morgan fingerprint density at radius 2 is 0.902 bits per heavy atom. The van der Waals surface area contributed by atoms with E-state index in [1.54, 1.807) is 0 Å². The zero-order valence-electron chi connectivity index (χ0n) is 26.3. The molecule has 0 unspecified atom stereocenters. The lowest BCUT2D eigenvalue weighted by Crippen LogP contribution is -2.25. The smallest absolute Gasteiger partial charge is 0.128 e. The molecule has 0 aromatic heterocycles. The van der Waals surface area contributed by atoms with Crippen molar-refractivity contribution in [1.29, 1.82) is 0 Å². The van der Waals surface area contributed by atoms with Crippen LogP contribution >= 0.6 is 0 Å². The summed E-state index contributed by atoms with van der Waals surface area (Å²) in [5, 5.41) is 15.4. The Bertz CT molecular complexity index is 1520. The van der Waals surface area contributed by atoms with Crippen LogP contribution in [-0.4, -0.2) is 22.2 Å². The SMILES string of the molecule is CCC1=C(CC)C2=NC1=CC1=NC(=CC3=C(O)C(CC)(CC)C(=CC4=NC(=C2)C(CC)=C4CC)N3)C(CC)=C1CC. The van der Waals surface area contributed by atoms with Crippen molar-refractivity contribution >= 4 is 17.1 Å². The van der Waals surface area contributed by atoms with Gasteiger partial charge in [0.05, 0.1) is 45.3 Å². The van der Waals surface area contributed by atoms with Crippen LogP contribution in [0.2, 0.25) is 0 Å². The summed E-state index contributed by atoms with van der Waals surface area (Å²) in [7, 11) is 0. The predicted octanol–water partition coefficient (Wildman–Crippen LogP) is 9.43. The molecule has 0 saturated heterocycles. The summed E-state index contributed by atoms with van der Waals surface area (Å²) >= 11 is 0. The Kier molecular flexibility index (Phi) is 8.09. The molecule has 0 fully saturated rings. The Hall–Kier alpha value is -3.47. The highest BCUT2D eigenvalue weighted by Crippen LogP contribution is 2.47. The van der Waals surface area contributed by atoms with Crippen molar-refractivity contribution in [3.8, 4) is 0 Å². The second-order valence-electron chi connectivity index (χ2n) is 11.3. The van der Waals surface area contributed by atoms with Gasteiger partial charge in [-0.15, -0.1) is 0 Å². The van der Waals surface area contributed by atoms with Crippen LogP contribution < -0.4 is 5.32 Å². The summed E-state index contributed by atoms with van der Waals surface area (Å²) in [5.74, 6) is 0.404. The normalized spacial score (nSPS) is 21.6. The van der Waals surface area contributed by atoms with Crippen LogP contribution in [0.1, 0.15) is 107 Å². The van der Waals surface area contributed by atoms with E-state index in [1.807, 2.05) is 0 Å². The van der Waals surface area contributed by atoms with Gasteiger partial charge in [0, 0.05) is 5.70 Å². The second kappa shape index (κ2) is 11.4. The molecule has 5 heterocycles. The predicted molar refractivity (Wildman–Crippen MR) is 173 cm³/mol. The molecule has 5 rings (SSSR count). The molecule has 0 radical (unpaired) electrons. The number of nitrogens with zero attached hydrogens (tertiary/aromatic N) is 3. The Labute approximate surface area is 246 Å². The second-order valence-corrected chi connectivity index (χ2v) is 11.3. The first-order valence-electron chi connectivity index (χ1n) is 15.9. The van der Waals surface area contributed by atoms with Crippen molar-refractivity contribution in [3.05, 3.63) is 92.0 Å². The van der Waals surface area contributed by atoms with Crippen LogP contribution in [0.15, 0.2) is 107 Å². The van der Waals surface area contributed by atoms with Crippen LogP contribution in [0.25, 0.3) is 0 Å². The molecule has 0 amide bonds. The van der Waals surface area contributed by atoms with Crippen molar-refractivity contribution in [2.24, 2.45) is 20.4 Å². The zero-order chi connectivity index (χ0) is 29.5. The van der Waals surface area contributed by atoms with Crippen LogP contribution in [0.4, 0.5) is 0 Å². The molecule has 0 atom stereocenters. The van der Waals surface area contributed by atoms with Crippen molar-refractivity contribution in [1.82, 2.24) is 5.32 Å². The summed E-state index contributed by atoms with van der Waals surface area (Å²) in [6, 6.07) is 0. The van der Waals surface area contributed by atoms with E-state index in [2.05, 4.69) is 85.0 Å². The van der Waals surface area contributed by atoms with E-state index in [0.717, 1.165) is 97.0 Å². The molecule has 0 aliphatic carbocycles. The van der Waals surface area contributed by atoms with E-state index in [1.165, 1.54) is 33.4 Å². The largest absolute Gasteiger partial charge is 0.509 e. The molecule has 0 aromatic carbocycles. The minimum atomic E-state index is -0.478. The lowest BCUT2D eigenvalue weighted by Gasteiger charge is -2.28. The van der Waals surface area contributed by atoms with Gasteiger partial charge in [0.25, 0.3) is 0 Å². The Morgan fingerprint density at radius 3 is 1.27 bits per heavy atom. The standard InChI is InChI=1S/C36H46N4O/c1-9-21-22(10-2)28-18-30-25(13-5)26(14-6)32(39-30)20-34-36(15-7,16-8)35(41)33(40-34)19-31-24(12-4)23(11-3)29(38-31)17-27(21)37-28/h17-20,40-41H,9-16H2,1-8H3. The number of hydrogen-bond donors (Lipinski definition) is 2. The maximum atomic E-state index is 11.8. The van der Waals surface area contributed by atoms with E-state index in [4.69, 9.17) is 15.0 Å². The molecule has 2 N–H and O–H groups in total. The molecule has 0 spiro atoms. The number of nitrogens with one attached hydrogen (secondary N) is 1. The minimum Gasteiger partial charge on any atom is -0.509 e. The highest BCUT2D eigenvalue weighted by Gasteiger charge is 2.43. The van der Waals surface area contributed by atoms with Crippen molar-refractivity contribution in [2.45, 2.75) is 107 Å². The number of allylic oxidation sites excluding steroid dienone is 10. The number of aliphatic imine (C=N–C) groups is 3. The van der Waals surface area contributed by atoms with E-state index < -0.39 is 5.41 Å². The molecular formula is C36H46N4O. The molecule has 5 aliphatic heterocycles. The quantitative estimate of drug-likeness (QED) is 0.316. The van der Waals surface area contributed by atoms with Gasteiger partial charge in [-0.25, -0.2) is 15.0 Å². The molecule has 5 nitrogen and oxygen atoms in total. The number of aliphatic hydroxyl groups excluding tert-OH is 1. The van der Waals surface area contributed by atoms with Gasteiger partial charge in [-0.05, 0) is 109 Å². The molecule has 41 heavy (non-hydrogen) atoms. The van der Waals surface area contributed by atoms with Crippen LogP contribution in [0.3, 0.4) is 0 Å². The van der Waals surface area contributed by atoms with Gasteiger partial charge in [-0.1, -0.05) is 55.4 Å². The van der Waals surface area contributed by atoms with Gasteiger partial charge in [-0.3, -0.25) is 0 Å². The molecule has 0 aromatic rings. The lowest BCUT2D eigenvalue weighted by molar-refractivity contribution is 0.250. The van der Waals surface area contributed by atoms with Gasteiger partial charge < -0.3 is 10.4 Å². The van der Waals surface area contributed by atoms with Crippen molar-refractivity contribution in [3.63, 3.8) is 0 Å². The van der Waals surface area contributed by atoms with Crippen LogP contribution in [-0.2, 0) is 0 Å². The summed E-state index contributed by atoms with van der Waals surface area (Å²) in [6.07, 6.45) is 15.7. The maximum absolute atomic E-state index is 11.8. The molecule has 8 bridgehead atoms. The van der Waals surface area contributed by atoms with E-state index in [-0.39, 0.29) is 0 Å². The summed E-state index contributed by atoms with van der Waals surface area (Å²) in [6.45, 7) is 17.6. The molecule has 5 heteroatoms. The molecule has 5 aliphatic rings. The molecule has 0 saturated carbocycles. The van der Waals surface area contributed by atoms with Gasteiger partial charge in [0.2, 0.25) is 0 Å². The summed E-state index contributed by atoms with van der Waals surface area (Å²) in [4.78, 5) is 15.7. The third kappa shape index (κ3) is 4.49. The average molecular weight is 551 g/mol. The topological polar surface area (TPSA) is 69.3 Å². The van der Waals surface area contributed by atoms with E-state index >= 15 is 0 Å². The maximum Gasteiger partial charge on any atom is 0.128 e. The van der Waals surface area contributed by atoms with Gasteiger partial charge in [0.15, 0.2) is 0 Å². The fourth-order valence-electron chi connectivity index (χ4n) is 7.29. The lowest BCUT2D eigenvalue weighted by atomic mass is 9.78. The Balaban J connectivity index is 1.85. The van der Waals surface area contributed by atoms with E-state index in [9.17, 15) is 5.11 Å². The molecule has 216 valence electrons. The minimum absolute atomic E-state index is 0.404. The fourth-order valence-corrected chi connectivity index (χ4v) is 7.29. The fraction of sp³-hybridized carbons (Fsp3) is 0.472. The highest BCUT2D eigenvalue weighted by atomic mass is 16.3. The van der Waals surface area contributed by atoms with Crippen molar-refractivity contribution < 1.29 is 5.11 Å². The first-order chi connectivity index (χ1) is 19.8. The summed E-state index contributed by atoms with van der Waals surface area (Å²) < 4.78 is 0. The van der Waals surface area contributed by atoms with Gasteiger partial charge >= 0.3 is 0 Å². The monoisotopic (exact) mass is 550 g/mol. The number of aliphatic hydroxyl groups is 1. The van der Waals surface area contributed by atoms with E-state index in [0.29, 0.717) is 5.76 Å². The van der Waals surface area contributed by atoms with Gasteiger partial charge in [-0.2, -0.15) is 0 Å². The van der Waals surface area contributed by atoms with Crippen LogP contribution in [0.5, 0.6) is 0 Å². The summed E-state index contributed by atoms with van der Waals surface area (Å²) in [5.41, 5.74) is 15.0. The van der Waals surface area contributed by atoms with Crippen molar-refractivity contribution in [2.75, 3.05) is 0 Å². The highest BCUT2D eigenvalue weighted by molar-refractivity contribution is 6.18.